The molecule has 0 aliphatic rings. The second-order valence-corrected chi connectivity index (χ2v) is 1.44. The molecule has 0 spiro atoms. The molecule has 0 saturated carbocycles. The van der Waals surface area contributed by atoms with Crippen LogP contribution in [0.4, 0.5) is 0 Å². The van der Waals surface area contributed by atoms with Gasteiger partial charge in [-0.05, 0) is 6.92 Å². The van der Waals surface area contributed by atoms with Crippen LogP contribution in [0.15, 0.2) is 10.8 Å². The van der Waals surface area contributed by atoms with Crippen molar-refractivity contribution in [1.82, 2.24) is 4.98 Å². The van der Waals surface area contributed by atoms with Crippen LogP contribution in [-0.4, -0.2) is 11.5 Å². The average Bonchev–Trinajstić information content (AvgIpc) is 2.18. The molecule has 0 bridgehead atoms. The van der Waals surface area contributed by atoms with Crippen LogP contribution in [0.5, 0.6) is 5.95 Å². The van der Waals surface area contributed by atoms with Gasteiger partial charge in [0.1, 0.15) is 5.69 Å². The van der Waals surface area contributed by atoms with Gasteiger partial charge >= 0.3 is 12.4 Å². The monoisotopic (exact) mass is 127 g/mol. The third-order valence-corrected chi connectivity index (χ3v) is 0.857. The van der Waals surface area contributed by atoms with Gasteiger partial charge in [-0.25, -0.2) is 4.98 Å². The molecule has 0 aliphatic heterocycles. The lowest BCUT2D eigenvalue weighted by atomic mass is 10.5. The highest BCUT2D eigenvalue weighted by Gasteiger charge is 2.01. The van der Waals surface area contributed by atoms with Crippen LogP contribution in [0.1, 0.15) is 5.69 Å². The van der Waals surface area contributed by atoms with Crippen molar-refractivity contribution in [3.63, 3.8) is 0 Å². The van der Waals surface area contributed by atoms with E-state index in [4.69, 9.17) is 0 Å². The molecule has 0 radical (unpaired) electrons. The van der Waals surface area contributed by atoms with E-state index in [1.165, 1.54) is 6.39 Å². The van der Waals surface area contributed by atoms with E-state index in [9.17, 15) is 4.79 Å². The summed E-state index contributed by atoms with van der Waals surface area (Å²) in [4.78, 5) is 13.4. The minimum atomic E-state index is 0.157. The maximum atomic E-state index is 9.71. The Hall–Kier alpha value is -1.32. The number of nitrogens with zero attached hydrogens (tertiary/aromatic N) is 1. The van der Waals surface area contributed by atoms with Crippen LogP contribution < -0.4 is 4.74 Å². The second kappa shape index (κ2) is 2.30. The highest BCUT2D eigenvalue weighted by atomic mass is 16.6. The molecule has 9 heavy (non-hydrogen) atoms. The van der Waals surface area contributed by atoms with Crippen molar-refractivity contribution in [2.24, 2.45) is 0 Å². The van der Waals surface area contributed by atoms with Gasteiger partial charge in [0, 0.05) is 0 Å². The zero-order chi connectivity index (χ0) is 6.69. The van der Waals surface area contributed by atoms with Crippen LogP contribution in [0.25, 0.3) is 0 Å². The van der Waals surface area contributed by atoms with E-state index in [1.54, 1.807) is 6.92 Å². The number of hydrogen-bond donors (Lipinski definition) is 0. The Morgan fingerprint density at radius 1 is 1.89 bits per heavy atom. The highest BCUT2D eigenvalue weighted by Crippen LogP contribution is 2.12. The molecular formula is C5H5NO3. The van der Waals surface area contributed by atoms with Gasteiger partial charge < -0.3 is 9.15 Å². The van der Waals surface area contributed by atoms with E-state index in [-0.39, 0.29) is 5.95 Å². The fourth-order valence-corrected chi connectivity index (χ4v) is 0.448. The third kappa shape index (κ3) is 1.07. The largest absolute Gasteiger partial charge is 0.413 e. The Morgan fingerprint density at radius 2 is 2.67 bits per heavy atom. The zero-order valence-corrected chi connectivity index (χ0v) is 4.83. The predicted molar refractivity (Wildman–Crippen MR) is 27.9 cm³/mol. The van der Waals surface area contributed by atoms with Crippen LogP contribution in [0, 0.1) is 6.92 Å². The van der Waals surface area contributed by atoms with Crippen molar-refractivity contribution in [2.45, 2.75) is 6.92 Å². The van der Waals surface area contributed by atoms with Crippen LogP contribution in [0.2, 0.25) is 0 Å². The second-order valence-electron chi connectivity index (χ2n) is 1.44. The summed E-state index contributed by atoms with van der Waals surface area (Å²) in [5, 5.41) is 0. The Morgan fingerprint density at radius 3 is 3.11 bits per heavy atom. The molecule has 4 heteroatoms. The van der Waals surface area contributed by atoms with E-state index in [0.717, 1.165) is 0 Å². The number of ether oxygens (including phenoxy) is 1. The van der Waals surface area contributed by atoms with Crippen molar-refractivity contribution >= 4 is 6.47 Å². The third-order valence-electron chi connectivity index (χ3n) is 0.857. The molecule has 1 aromatic heterocycles. The fraction of sp³-hybridized carbons (Fsp3) is 0.200. The van der Waals surface area contributed by atoms with Crippen LogP contribution in [-0.2, 0) is 4.79 Å². The first-order valence-corrected chi connectivity index (χ1v) is 2.35. The summed E-state index contributed by atoms with van der Waals surface area (Å²) in [5.41, 5.74) is 0.571. The van der Waals surface area contributed by atoms with Gasteiger partial charge in [0.15, 0.2) is 6.39 Å². The predicted octanol–water partition coefficient (Wildman–Crippen LogP) is 0.518. The van der Waals surface area contributed by atoms with Gasteiger partial charge in [0.05, 0.1) is 0 Å². The number of hydrogen-bond acceptors (Lipinski definition) is 4. The molecule has 0 unspecified atom stereocenters. The first-order chi connectivity index (χ1) is 4.34. The Labute approximate surface area is 51.5 Å². The normalized spacial score (nSPS) is 9.00. The smallest absolute Gasteiger partial charge is 0.315 e. The molecule has 1 rings (SSSR count). The standard InChI is InChI=1S/C5H5NO3/c1-4-5(9-3-7)8-2-6-4/h2-3H,1H3. The summed E-state index contributed by atoms with van der Waals surface area (Å²) in [7, 11) is 0. The molecule has 1 heterocycles. The van der Waals surface area contributed by atoms with Crippen molar-refractivity contribution < 1.29 is 13.9 Å². The summed E-state index contributed by atoms with van der Waals surface area (Å²) < 4.78 is 9.01. The lowest BCUT2D eigenvalue weighted by Crippen LogP contribution is -1.87. The molecular weight excluding hydrogens is 122 g/mol. The quantitative estimate of drug-likeness (QED) is 0.543. The molecule has 0 aromatic carbocycles. The lowest BCUT2D eigenvalue weighted by Gasteiger charge is -1.87. The SMILES string of the molecule is Cc1ncoc1OC=O. The van der Waals surface area contributed by atoms with E-state index in [0.29, 0.717) is 12.2 Å². The lowest BCUT2D eigenvalue weighted by molar-refractivity contribution is -0.121. The van der Waals surface area contributed by atoms with Gasteiger partial charge in [-0.2, -0.15) is 0 Å². The van der Waals surface area contributed by atoms with E-state index >= 15 is 0 Å². The van der Waals surface area contributed by atoms with E-state index in [1.807, 2.05) is 0 Å². The Bertz CT molecular complexity index is 206. The summed E-state index contributed by atoms with van der Waals surface area (Å²) in [6.45, 7) is 1.98. The van der Waals surface area contributed by atoms with Gasteiger partial charge in [-0.1, -0.05) is 0 Å². The topological polar surface area (TPSA) is 52.3 Å². The van der Waals surface area contributed by atoms with Crippen molar-refractivity contribution in [3.05, 3.63) is 12.1 Å². The van der Waals surface area contributed by atoms with E-state index in [2.05, 4.69) is 14.1 Å². The molecule has 0 atom stereocenters. The van der Waals surface area contributed by atoms with Crippen molar-refractivity contribution in [3.8, 4) is 5.95 Å². The summed E-state index contributed by atoms with van der Waals surface area (Å²) >= 11 is 0. The number of carbonyl (C=O) groups is 1. The maximum Gasteiger partial charge on any atom is 0.315 e. The number of rotatable bonds is 2. The maximum absolute atomic E-state index is 9.71. The molecule has 0 fully saturated rings. The van der Waals surface area contributed by atoms with Crippen LogP contribution in [0.3, 0.4) is 0 Å². The zero-order valence-electron chi connectivity index (χ0n) is 4.83. The number of oxazole rings is 1. The molecule has 48 valence electrons. The summed E-state index contributed by atoms with van der Waals surface area (Å²) in [5.74, 6) is 0.157. The molecule has 0 amide bonds. The first-order valence-electron chi connectivity index (χ1n) is 2.35. The van der Waals surface area contributed by atoms with Gasteiger partial charge in [-0.15, -0.1) is 0 Å². The average molecular weight is 127 g/mol. The van der Waals surface area contributed by atoms with Gasteiger partial charge in [0.2, 0.25) is 0 Å². The minimum Gasteiger partial charge on any atom is -0.413 e. The summed E-state index contributed by atoms with van der Waals surface area (Å²) in [6, 6.07) is 0. The van der Waals surface area contributed by atoms with Gasteiger partial charge in [0.25, 0.3) is 0 Å². The molecule has 0 saturated heterocycles. The van der Waals surface area contributed by atoms with E-state index < -0.39 is 0 Å². The molecule has 1 aromatic rings. The Kier molecular flexibility index (Phi) is 1.48. The number of aromatic nitrogens is 1. The van der Waals surface area contributed by atoms with Crippen molar-refractivity contribution in [2.75, 3.05) is 0 Å². The summed E-state index contributed by atoms with van der Waals surface area (Å²) in [6.07, 6.45) is 1.22. The molecule has 0 aliphatic carbocycles. The minimum absolute atomic E-state index is 0.157. The Balaban J connectivity index is 2.80. The molecule has 0 N–H and O–H groups in total. The fourth-order valence-electron chi connectivity index (χ4n) is 0.448. The van der Waals surface area contributed by atoms with Crippen molar-refractivity contribution in [1.29, 1.82) is 0 Å². The first kappa shape index (κ1) is 5.81. The number of aryl methyl sites for hydroxylation is 1. The van der Waals surface area contributed by atoms with Gasteiger partial charge in [-0.3, -0.25) is 4.79 Å². The van der Waals surface area contributed by atoms with Crippen LogP contribution >= 0.6 is 0 Å². The molecule has 4 nitrogen and oxygen atoms in total. The highest BCUT2D eigenvalue weighted by molar-refractivity contribution is 5.42. The number of carbonyl (C=O) groups excluding carboxylic acids is 1.